The maximum absolute atomic E-state index is 5.50. The zero-order valence-corrected chi connectivity index (χ0v) is 12.5. The van der Waals surface area contributed by atoms with E-state index in [1.54, 1.807) is 11.8 Å². The van der Waals surface area contributed by atoms with E-state index in [4.69, 9.17) is 12.2 Å². The number of thioether (sulfide) groups is 1. The molecule has 0 saturated heterocycles. The maximum Gasteiger partial charge on any atom is 0.0512 e. The van der Waals surface area contributed by atoms with Gasteiger partial charge in [-0.05, 0) is 12.8 Å². The van der Waals surface area contributed by atoms with Crippen molar-refractivity contribution in [1.29, 1.82) is 0 Å². The Kier molecular flexibility index (Phi) is 11.8. The van der Waals surface area contributed by atoms with Gasteiger partial charge in [-0.2, -0.15) is 0 Å². The Balaban J connectivity index is 3.84. The molecule has 0 aliphatic carbocycles. The zero-order valence-electron chi connectivity index (χ0n) is 10.8. The molecule has 0 amide bonds. The van der Waals surface area contributed by atoms with Gasteiger partial charge in [0.1, 0.15) is 0 Å². The highest BCUT2D eigenvalue weighted by molar-refractivity contribution is 8.23. The van der Waals surface area contributed by atoms with Gasteiger partial charge in [-0.25, -0.2) is 0 Å². The summed E-state index contributed by atoms with van der Waals surface area (Å²) in [6.07, 6.45) is 11.1. The van der Waals surface area contributed by atoms with Crippen LogP contribution in [0.15, 0.2) is 12.7 Å². The van der Waals surface area contributed by atoms with Gasteiger partial charge in [-0.1, -0.05) is 64.2 Å². The smallest absolute Gasteiger partial charge is 0.0512 e. The van der Waals surface area contributed by atoms with Crippen LogP contribution in [0.1, 0.15) is 58.8 Å². The van der Waals surface area contributed by atoms with E-state index in [0.29, 0.717) is 5.92 Å². The fraction of sp³-hybridized carbons (Fsp3) is 0.786. The van der Waals surface area contributed by atoms with Gasteiger partial charge in [0, 0.05) is 11.7 Å². The van der Waals surface area contributed by atoms with Crippen LogP contribution in [-0.4, -0.2) is 9.95 Å². The van der Waals surface area contributed by atoms with Crippen LogP contribution in [0.5, 0.6) is 0 Å². The van der Waals surface area contributed by atoms with Crippen LogP contribution in [0.4, 0.5) is 0 Å². The van der Waals surface area contributed by atoms with E-state index in [1.165, 1.54) is 49.1 Å². The highest BCUT2D eigenvalue weighted by atomic mass is 32.2. The van der Waals surface area contributed by atoms with Gasteiger partial charge in [0.05, 0.1) is 4.20 Å². The van der Waals surface area contributed by atoms with Crippen molar-refractivity contribution in [3.05, 3.63) is 12.7 Å². The van der Waals surface area contributed by atoms with E-state index in [2.05, 4.69) is 20.4 Å². The molecule has 0 aliphatic heterocycles. The SMILES string of the molecule is C=CCSC(=S)C(CCC)CCCCCC. The molecule has 0 spiro atoms. The third-order valence-electron chi connectivity index (χ3n) is 2.72. The predicted octanol–water partition coefficient (Wildman–Crippen LogP) is 5.62. The summed E-state index contributed by atoms with van der Waals surface area (Å²) in [7, 11) is 0. The number of thiocarbonyl (C=S) groups is 1. The van der Waals surface area contributed by atoms with Gasteiger partial charge in [-0.3, -0.25) is 0 Å². The second-order valence-corrected chi connectivity index (χ2v) is 6.01. The molecule has 16 heavy (non-hydrogen) atoms. The number of hydrogen-bond acceptors (Lipinski definition) is 2. The van der Waals surface area contributed by atoms with Crippen LogP contribution in [0.2, 0.25) is 0 Å². The Bertz CT molecular complexity index is 187. The quantitative estimate of drug-likeness (QED) is 0.283. The molecule has 0 aromatic heterocycles. The molecule has 94 valence electrons. The van der Waals surface area contributed by atoms with Crippen molar-refractivity contribution in [3.63, 3.8) is 0 Å². The molecule has 0 aliphatic rings. The highest BCUT2D eigenvalue weighted by Crippen LogP contribution is 2.24. The molecule has 1 unspecified atom stereocenters. The lowest BCUT2D eigenvalue weighted by molar-refractivity contribution is 0.526. The van der Waals surface area contributed by atoms with E-state index in [9.17, 15) is 0 Å². The fourth-order valence-electron chi connectivity index (χ4n) is 1.80. The summed E-state index contributed by atoms with van der Waals surface area (Å²) in [6, 6.07) is 0. The van der Waals surface area contributed by atoms with E-state index in [1.807, 2.05) is 6.08 Å². The average Bonchev–Trinajstić information content (AvgIpc) is 2.30. The molecule has 0 heterocycles. The van der Waals surface area contributed by atoms with Crippen molar-refractivity contribution in [2.24, 2.45) is 5.92 Å². The minimum absolute atomic E-state index is 0.654. The van der Waals surface area contributed by atoms with Crippen LogP contribution >= 0.6 is 24.0 Å². The molecule has 0 aromatic carbocycles. The molecule has 0 radical (unpaired) electrons. The lowest BCUT2D eigenvalue weighted by Crippen LogP contribution is -2.09. The number of rotatable bonds is 10. The number of hydrogen-bond donors (Lipinski definition) is 0. The summed E-state index contributed by atoms with van der Waals surface area (Å²) < 4.78 is 1.21. The molecular weight excluding hydrogens is 232 g/mol. The summed E-state index contributed by atoms with van der Waals surface area (Å²) in [5.74, 6) is 1.62. The van der Waals surface area contributed by atoms with Crippen molar-refractivity contribution in [2.75, 3.05) is 5.75 Å². The van der Waals surface area contributed by atoms with Crippen LogP contribution in [0.3, 0.4) is 0 Å². The van der Waals surface area contributed by atoms with E-state index in [0.717, 1.165) is 5.75 Å². The van der Waals surface area contributed by atoms with E-state index >= 15 is 0 Å². The highest BCUT2D eigenvalue weighted by Gasteiger charge is 2.13. The Morgan fingerprint density at radius 1 is 1.19 bits per heavy atom. The van der Waals surface area contributed by atoms with Gasteiger partial charge < -0.3 is 0 Å². The molecule has 0 nitrogen and oxygen atoms in total. The monoisotopic (exact) mass is 258 g/mol. The molecule has 1 atom stereocenters. The van der Waals surface area contributed by atoms with Crippen molar-refractivity contribution < 1.29 is 0 Å². The Hall–Kier alpha value is 0.180. The van der Waals surface area contributed by atoms with Crippen molar-refractivity contribution in [3.8, 4) is 0 Å². The summed E-state index contributed by atoms with van der Waals surface area (Å²) in [6.45, 7) is 8.25. The summed E-state index contributed by atoms with van der Waals surface area (Å²) in [5, 5.41) is 0. The molecule has 0 aromatic rings. The molecule has 0 fully saturated rings. The van der Waals surface area contributed by atoms with Gasteiger partial charge in [0.25, 0.3) is 0 Å². The predicted molar refractivity (Wildman–Crippen MR) is 82.4 cm³/mol. The molecule has 0 saturated carbocycles. The third-order valence-corrected chi connectivity index (χ3v) is 4.43. The van der Waals surface area contributed by atoms with Crippen LogP contribution < -0.4 is 0 Å². The fourth-order valence-corrected chi connectivity index (χ4v) is 3.00. The Morgan fingerprint density at radius 2 is 1.94 bits per heavy atom. The minimum Gasteiger partial charge on any atom is -0.115 e. The third kappa shape index (κ3) is 8.35. The second kappa shape index (κ2) is 11.7. The summed E-state index contributed by atoms with van der Waals surface area (Å²) in [5.41, 5.74) is 0. The van der Waals surface area contributed by atoms with E-state index < -0.39 is 0 Å². The largest absolute Gasteiger partial charge is 0.115 e. The van der Waals surface area contributed by atoms with Crippen LogP contribution in [0.25, 0.3) is 0 Å². The van der Waals surface area contributed by atoms with Crippen molar-refractivity contribution in [2.45, 2.75) is 58.8 Å². The van der Waals surface area contributed by atoms with Gasteiger partial charge in [-0.15, -0.1) is 18.3 Å². The first-order valence-electron chi connectivity index (χ1n) is 6.53. The van der Waals surface area contributed by atoms with E-state index in [-0.39, 0.29) is 0 Å². The first-order chi connectivity index (χ1) is 7.76. The summed E-state index contributed by atoms with van der Waals surface area (Å²) in [4.78, 5) is 0. The topological polar surface area (TPSA) is 0 Å². The lowest BCUT2D eigenvalue weighted by atomic mass is 9.98. The van der Waals surface area contributed by atoms with Crippen molar-refractivity contribution >= 4 is 28.2 Å². The normalized spacial score (nSPS) is 12.4. The zero-order chi connectivity index (χ0) is 12.2. The lowest BCUT2D eigenvalue weighted by Gasteiger charge is -2.16. The Morgan fingerprint density at radius 3 is 2.50 bits per heavy atom. The maximum atomic E-state index is 5.50. The molecule has 0 bridgehead atoms. The van der Waals surface area contributed by atoms with Gasteiger partial charge in [0.15, 0.2) is 0 Å². The summed E-state index contributed by atoms with van der Waals surface area (Å²) >= 11 is 7.30. The van der Waals surface area contributed by atoms with Crippen molar-refractivity contribution in [1.82, 2.24) is 0 Å². The van der Waals surface area contributed by atoms with Gasteiger partial charge >= 0.3 is 0 Å². The van der Waals surface area contributed by atoms with Crippen LogP contribution in [0, 0.1) is 5.92 Å². The first-order valence-corrected chi connectivity index (χ1v) is 7.93. The first kappa shape index (κ1) is 16.2. The Labute approximate surface area is 111 Å². The minimum atomic E-state index is 0.654. The number of unbranched alkanes of at least 4 members (excludes halogenated alkanes) is 3. The van der Waals surface area contributed by atoms with Crippen LogP contribution in [-0.2, 0) is 0 Å². The molecular formula is C14H26S2. The molecule has 0 rings (SSSR count). The molecule has 2 heteroatoms. The average molecular weight is 258 g/mol. The van der Waals surface area contributed by atoms with Gasteiger partial charge in [0.2, 0.25) is 0 Å². The second-order valence-electron chi connectivity index (χ2n) is 4.25. The standard InChI is InChI=1S/C14H26S2/c1-4-7-8-9-11-13(10-5-2)14(15)16-12-6-3/h6,13H,3-5,7-12H2,1-2H3. The molecule has 0 N–H and O–H groups in total.